The zero-order valence-corrected chi connectivity index (χ0v) is 12.9. The van der Waals surface area contributed by atoms with Gasteiger partial charge in [-0.1, -0.05) is 74.0 Å². The minimum Gasteiger partial charge on any atom is -0.0984 e. The average molecular weight is 274 g/mol. The van der Waals surface area contributed by atoms with Crippen molar-refractivity contribution in [2.45, 2.75) is 33.1 Å². The van der Waals surface area contributed by atoms with Crippen LogP contribution in [-0.2, 0) is 6.42 Å². The summed E-state index contributed by atoms with van der Waals surface area (Å²) in [6, 6.07) is 15.5. The van der Waals surface area contributed by atoms with E-state index in [4.69, 9.17) is 0 Å². The van der Waals surface area contributed by atoms with Gasteiger partial charge < -0.3 is 0 Å². The Balaban J connectivity index is 2.47. The highest BCUT2D eigenvalue weighted by Crippen LogP contribution is 2.35. The van der Waals surface area contributed by atoms with Crippen LogP contribution in [-0.4, -0.2) is 0 Å². The average Bonchev–Trinajstić information content (AvgIpc) is 2.52. The topological polar surface area (TPSA) is 0 Å². The standard InChI is InChI=1S/C21H22/c1-4-6-9-17-16(5-2)18-10-7-8-11-19(18)21-14-15(3)12-13-20(17)21/h5,7-8,10-14H,2,4,6,9H2,1,3H3. The first-order valence-electron chi connectivity index (χ1n) is 7.82. The predicted molar refractivity (Wildman–Crippen MR) is 94.9 cm³/mol. The molecule has 0 N–H and O–H groups in total. The number of hydrogen-bond donors (Lipinski definition) is 0. The van der Waals surface area contributed by atoms with Gasteiger partial charge in [-0.15, -0.1) is 0 Å². The third kappa shape index (κ3) is 2.35. The lowest BCUT2D eigenvalue weighted by Crippen LogP contribution is -1.95. The highest BCUT2D eigenvalue weighted by atomic mass is 14.2. The van der Waals surface area contributed by atoms with Crippen LogP contribution in [0.1, 0.15) is 36.5 Å². The summed E-state index contributed by atoms with van der Waals surface area (Å²) in [7, 11) is 0. The Labute approximate surface area is 127 Å². The Morgan fingerprint density at radius 1 is 0.952 bits per heavy atom. The van der Waals surface area contributed by atoms with Gasteiger partial charge in [0.2, 0.25) is 0 Å². The van der Waals surface area contributed by atoms with Crippen molar-refractivity contribution in [1.29, 1.82) is 0 Å². The molecule has 0 nitrogen and oxygen atoms in total. The summed E-state index contributed by atoms with van der Waals surface area (Å²) in [6.45, 7) is 8.49. The van der Waals surface area contributed by atoms with Gasteiger partial charge in [0, 0.05) is 0 Å². The zero-order chi connectivity index (χ0) is 14.8. The van der Waals surface area contributed by atoms with Crippen LogP contribution in [0, 0.1) is 6.92 Å². The van der Waals surface area contributed by atoms with Crippen LogP contribution >= 0.6 is 0 Å². The van der Waals surface area contributed by atoms with Gasteiger partial charge in [0.1, 0.15) is 0 Å². The van der Waals surface area contributed by atoms with E-state index in [9.17, 15) is 0 Å². The molecule has 3 aromatic rings. The van der Waals surface area contributed by atoms with E-state index in [0.29, 0.717) is 0 Å². The molecule has 0 atom stereocenters. The van der Waals surface area contributed by atoms with Gasteiger partial charge in [0.15, 0.2) is 0 Å². The molecule has 0 heteroatoms. The zero-order valence-electron chi connectivity index (χ0n) is 12.9. The maximum Gasteiger partial charge on any atom is -0.00991 e. The van der Waals surface area contributed by atoms with Gasteiger partial charge >= 0.3 is 0 Å². The summed E-state index contributed by atoms with van der Waals surface area (Å²) in [5.41, 5.74) is 4.09. The van der Waals surface area contributed by atoms with Crippen molar-refractivity contribution in [1.82, 2.24) is 0 Å². The van der Waals surface area contributed by atoms with E-state index in [0.717, 1.165) is 6.42 Å². The van der Waals surface area contributed by atoms with Gasteiger partial charge in [0.05, 0.1) is 0 Å². The molecule has 3 aromatic carbocycles. The molecular formula is C21H22. The second kappa shape index (κ2) is 5.73. The van der Waals surface area contributed by atoms with E-state index < -0.39 is 0 Å². The lowest BCUT2D eigenvalue weighted by atomic mass is 9.88. The second-order valence-corrected chi connectivity index (χ2v) is 5.79. The number of aryl methyl sites for hydroxylation is 2. The van der Waals surface area contributed by atoms with Crippen LogP contribution in [0.5, 0.6) is 0 Å². The summed E-state index contributed by atoms with van der Waals surface area (Å²) in [4.78, 5) is 0. The summed E-state index contributed by atoms with van der Waals surface area (Å²) in [5.74, 6) is 0. The van der Waals surface area contributed by atoms with Crippen LogP contribution in [0.3, 0.4) is 0 Å². The lowest BCUT2D eigenvalue weighted by Gasteiger charge is -2.15. The van der Waals surface area contributed by atoms with E-state index in [2.05, 4.69) is 62.9 Å². The van der Waals surface area contributed by atoms with Crippen molar-refractivity contribution >= 4 is 27.6 Å². The smallest absolute Gasteiger partial charge is 0.00991 e. The molecule has 0 aliphatic heterocycles. The third-order valence-electron chi connectivity index (χ3n) is 4.32. The fourth-order valence-corrected chi connectivity index (χ4v) is 3.26. The van der Waals surface area contributed by atoms with E-state index in [1.54, 1.807) is 0 Å². The molecule has 0 spiro atoms. The van der Waals surface area contributed by atoms with Crippen LogP contribution < -0.4 is 0 Å². The Bertz CT molecular complexity index is 809. The van der Waals surface area contributed by atoms with E-state index in [1.165, 1.54) is 51.1 Å². The summed E-state index contributed by atoms with van der Waals surface area (Å²) in [5, 5.41) is 5.44. The van der Waals surface area contributed by atoms with Crippen molar-refractivity contribution < 1.29 is 0 Å². The molecule has 0 fully saturated rings. The summed E-state index contributed by atoms with van der Waals surface area (Å²) >= 11 is 0. The molecule has 0 unspecified atom stereocenters. The molecule has 0 bridgehead atoms. The minimum atomic E-state index is 1.13. The highest BCUT2D eigenvalue weighted by molar-refractivity contribution is 6.12. The first-order chi connectivity index (χ1) is 10.3. The Kier molecular flexibility index (Phi) is 3.79. The van der Waals surface area contributed by atoms with Crippen LogP contribution in [0.15, 0.2) is 49.0 Å². The molecule has 0 aromatic heterocycles. The molecule has 0 aliphatic rings. The molecule has 0 saturated heterocycles. The molecule has 106 valence electrons. The Morgan fingerprint density at radius 3 is 2.43 bits per heavy atom. The fraction of sp³-hybridized carbons (Fsp3) is 0.238. The monoisotopic (exact) mass is 274 g/mol. The molecule has 21 heavy (non-hydrogen) atoms. The van der Waals surface area contributed by atoms with Crippen molar-refractivity contribution in [2.24, 2.45) is 0 Å². The molecule has 0 heterocycles. The normalized spacial score (nSPS) is 11.1. The predicted octanol–water partition coefficient (Wildman–Crippen LogP) is 6.29. The van der Waals surface area contributed by atoms with Crippen molar-refractivity contribution in [3.8, 4) is 0 Å². The molecular weight excluding hydrogens is 252 g/mol. The van der Waals surface area contributed by atoms with Gasteiger partial charge in [0.25, 0.3) is 0 Å². The van der Waals surface area contributed by atoms with Crippen LogP contribution in [0.25, 0.3) is 27.6 Å². The molecule has 3 rings (SSSR count). The Morgan fingerprint density at radius 2 is 1.71 bits per heavy atom. The van der Waals surface area contributed by atoms with Gasteiger partial charge in [-0.2, -0.15) is 0 Å². The minimum absolute atomic E-state index is 1.13. The van der Waals surface area contributed by atoms with Crippen molar-refractivity contribution in [3.05, 3.63) is 65.7 Å². The van der Waals surface area contributed by atoms with E-state index in [-0.39, 0.29) is 0 Å². The maximum atomic E-state index is 4.07. The second-order valence-electron chi connectivity index (χ2n) is 5.79. The summed E-state index contributed by atoms with van der Waals surface area (Å²) < 4.78 is 0. The quantitative estimate of drug-likeness (QED) is 0.491. The molecule has 0 amide bonds. The van der Waals surface area contributed by atoms with Gasteiger partial charge in [-0.3, -0.25) is 0 Å². The third-order valence-corrected chi connectivity index (χ3v) is 4.32. The van der Waals surface area contributed by atoms with Crippen molar-refractivity contribution in [2.75, 3.05) is 0 Å². The molecule has 0 saturated carbocycles. The first kappa shape index (κ1) is 13.9. The number of rotatable bonds is 4. The van der Waals surface area contributed by atoms with E-state index in [1.807, 2.05) is 6.08 Å². The molecule has 0 aliphatic carbocycles. The SMILES string of the molecule is C=Cc1c(CCCC)c2ccc(C)cc2c2ccccc12. The highest BCUT2D eigenvalue weighted by Gasteiger charge is 2.11. The number of benzene rings is 3. The molecule has 0 radical (unpaired) electrons. The lowest BCUT2D eigenvalue weighted by molar-refractivity contribution is 0.798. The fourth-order valence-electron chi connectivity index (χ4n) is 3.26. The summed E-state index contributed by atoms with van der Waals surface area (Å²) in [6.07, 6.45) is 5.60. The van der Waals surface area contributed by atoms with Crippen LogP contribution in [0.4, 0.5) is 0 Å². The van der Waals surface area contributed by atoms with Gasteiger partial charge in [-0.05, 0) is 52.4 Å². The number of hydrogen-bond acceptors (Lipinski definition) is 0. The van der Waals surface area contributed by atoms with E-state index >= 15 is 0 Å². The maximum absolute atomic E-state index is 4.07. The van der Waals surface area contributed by atoms with Crippen LogP contribution in [0.2, 0.25) is 0 Å². The van der Waals surface area contributed by atoms with Gasteiger partial charge in [-0.25, -0.2) is 0 Å². The largest absolute Gasteiger partial charge is 0.0984 e. The number of unbranched alkanes of at least 4 members (excludes halogenated alkanes) is 1. The number of fused-ring (bicyclic) bond motifs is 3. The Hall–Kier alpha value is -2.08. The van der Waals surface area contributed by atoms with Crippen molar-refractivity contribution in [3.63, 3.8) is 0 Å². The first-order valence-corrected chi connectivity index (χ1v) is 7.82.